The zero-order valence-electron chi connectivity index (χ0n) is 15.0. The average molecular weight is 525 g/mol. The van der Waals surface area contributed by atoms with Crippen molar-refractivity contribution in [3.63, 3.8) is 0 Å². The van der Waals surface area contributed by atoms with Gasteiger partial charge in [-0.05, 0) is 0 Å². The summed E-state index contributed by atoms with van der Waals surface area (Å²) < 4.78 is 204. The van der Waals surface area contributed by atoms with Crippen LogP contribution in [0.4, 0.5) is 65.9 Å². The third-order valence-corrected chi connectivity index (χ3v) is 4.68. The minimum absolute atomic E-state index is 0.563. The number of rotatable bonds is 3. The van der Waals surface area contributed by atoms with Gasteiger partial charge in [0.15, 0.2) is 23.3 Å². The second-order valence-corrected chi connectivity index (χ2v) is 6.54. The van der Waals surface area contributed by atoms with Crippen LogP contribution in [0, 0.1) is 34.6 Å². The van der Waals surface area contributed by atoms with Gasteiger partial charge >= 0.3 is 35.3 Å². The van der Waals surface area contributed by atoms with E-state index in [1.54, 1.807) is 0 Å². The van der Waals surface area contributed by atoms with Gasteiger partial charge in [0.1, 0.15) is 17.4 Å². The number of alkyl halides is 11. The summed E-state index contributed by atoms with van der Waals surface area (Å²) in [6.07, 6.45) is -1.59. The molecule has 1 N–H and O–H groups in total. The molecule has 1 aliphatic rings. The summed E-state index contributed by atoms with van der Waals surface area (Å²) in [6, 6.07) is 0.563. The number of allylic oxidation sites excluding steroid dienone is 1. The molecule has 1 fully saturated rings. The molecule has 0 spiro atoms. The van der Waals surface area contributed by atoms with Crippen molar-refractivity contribution in [2.75, 3.05) is 0 Å². The number of hydrogen-bond acceptors (Lipinski definition) is 3. The highest BCUT2D eigenvalue weighted by molar-refractivity contribution is 6.03. The van der Waals surface area contributed by atoms with Crippen LogP contribution >= 0.6 is 0 Å². The van der Waals surface area contributed by atoms with Gasteiger partial charge in [-0.25, -0.2) is 22.0 Å². The SMILES string of the molecule is N#Cc1c(F)c(F)c(/C(O)=C/C(=O)C2(F)C(F)(F)C(F)(F)C(F)(F)C(F)(F)C2(F)F)c(F)c1F. The Morgan fingerprint density at radius 2 is 1.00 bits per heavy atom. The van der Waals surface area contributed by atoms with Crippen LogP contribution in [0.2, 0.25) is 0 Å². The molecular formula is C16H2F15NO2. The predicted molar refractivity (Wildman–Crippen MR) is 75.2 cm³/mol. The minimum Gasteiger partial charge on any atom is -0.507 e. The Balaban J connectivity index is 2.85. The summed E-state index contributed by atoms with van der Waals surface area (Å²) in [5.74, 6) is -56.4. The normalized spacial score (nSPS) is 23.8. The first-order valence-electron chi connectivity index (χ1n) is 7.81. The maximum atomic E-state index is 14.5. The van der Waals surface area contributed by atoms with Crippen molar-refractivity contribution < 1.29 is 75.8 Å². The summed E-state index contributed by atoms with van der Waals surface area (Å²) in [5.41, 5.74) is -12.0. The number of aliphatic hydroxyl groups excluding tert-OH is 1. The van der Waals surface area contributed by atoms with Gasteiger partial charge in [-0.3, -0.25) is 4.79 Å². The fourth-order valence-electron chi connectivity index (χ4n) is 2.78. The van der Waals surface area contributed by atoms with Gasteiger partial charge in [0.2, 0.25) is 5.78 Å². The lowest BCUT2D eigenvalue weighted by molar-refractivity contribution is -0.475. The summed E-state index contributed by atoms with van der Waals surface area (Å²) in [6.45, 7) is 0. The molecule has 0 amide bonds. The number of nitriles is 1. The number of halogens is 15. The van der Waals surface area contributed by atoms with Gasteiger partial charge in [0, 0.05) is 6.08 Å². The summed E-state index contributed by atoms with van der Waals surface area (Å²) in [7, 11) is 0. The first-order valence-corrected chi connectivity index (χ1v) is 7.81. The molecule has 1 saturated carbocycles. The molecule has 0 saturated heterocycles. The van der Waals surface area contributed by atoms with Crippen LogP contribution in [-0.2, 0) is 4.79 Å². The second-order valence-electron chi connectivity index (χ2n) is 6.54. The van der Waals surface area contributed by atoms with Crippen molar-refractivity contribution in [3.05, 3.63) is 40.5 Å². The highest BCUT2D eigenvalue weighted by Crippen LogP contribution is 2.69. The zero-order chi connectivity index (χ0) is 27.0. The third-order valence-electron chi connectivity index (χ3n) is 4.68. The Morgan fingerprint density at radius 3 is 1.32 bits per heavy atom. The lowest BCUT2D eigenvalue weighted by Crippen LogP contribution is -2.85. The smallest absolute Gasteiger partial charge is 0.384 e. The molecule has 188 valence electrons. The summed E-state index contributed by atoms with van der Waals surface area (Å²) in [5, 5.41) is 17.7. The Hall–Kier alpha value is -3.13. The largest absolute Gasteiger partial charge is 0.507 e. The van der Waals surface area contributed by atoms with Crippen molar-refractivity contribution in [3.8, 4) is 6.07 Å². The predicted octanol–water partition coefficient (Wildman–Crippen LogP) is 5.48. The standard InChI is InChI=1S/C16H2F15NO2/c17-7-3(2-32)8(18)10(20)6(9(7)19)4(33)1-5(34)11(21)12(22,23)14(26,27)16(30,31)15(28,29)13(11,24)25/h1,33H/b4-1-. The number of carbonyl (C=O) groups excluding carboxylic acids is 1. The number of benzene rings is 1. The Kier molecular flexibility index (Phi) is 5.73. The molecule has 1 aliphatic carbocycles. The maximum absolute atomic E-state index is 14.5. The van der Waals surface area contributed by atoms with E-state index in [1.807, 2.05) is 0 Å². The van der Waals surface area contributed by atoms with Gasteiger partial charge in [-0.15, -0.1) is 0 Å². The van der Waals surface area contributed by atoms with Crippen molar-refractivity contribution in [1.29, 1.82) is 5.26 Å². The van der Waals surface area contributed by atoms with Gasteiger partial charge in [0.25, 0.3) is 0 Å². The fraction of sp³-hybridized carbons (Fsp3) is 0.375. The number of carbonyl (C=O) groups is 1. The van der Waals surface area contributed by atoms with Crippen molar-refractivity contribution in [2.45, 2.75) is 35.3 Å². The van der Waals surface area contributed by atoms with Crippen LogP contribution in [0.15, 0.2) is 6.08 Å². The molecule has 18 heteroatoms. The molecule has 1 aromatic carbocycles. The van der Waals surface area contributed by atoms with Crippen LogP contribution < -0.4 is 0 Å². The van der Waals surface area contributed by atoms with E-state index in [2.05, 4.69) is 0 Å². The third kappa shape index (κ3) is 2.72. The molecule has 34 heavy (non-hydrogen) atoms. The Bertz CT molecular complexity index is 1090. The van der Waals surface area contributed by atoms with E-state index >= 15 is 0 Å². The van der Waals surface area contributed by atoms with Crippen molar-refractivity contribution in [1.82, 2.24) is 0 Å². The number of ketones is 1. The molecule has 0 aromatic heterocycles. The van der Waals surface area contributed by atoms with E-state index in [1.165, 1.54) is 0 Å². The van der Waals surface area contributed by atoms with E-state index in [0.717, 1.165) is 0 Å². The number of hydrogen-bond donors (Lipinski definition) is 1. The molecule has 0 aliphatic heterocycles. The Morgan fingerprint density at radius 1 is 0.676 bits per heavy atom. The van der Waals surface area contributed by atoms with Crippen LogP contribution in [-0.4, -0.2) is 46.2 Å². The first kappa shape index (κ1) is 27.1. The highest BCUT2D eigenvalue weighted by atomic mass is 19.4. The molecule has 0 radical (unpaired) electrons. The van der Waals surface area contributed by atoms with Gasteiger partial charge in [-0.2, -0.15) is 49.2 Å². The topological polar surface area (TPSA) is 61.1 Å². The van der Waals surface area contributed by atoms with Crippen LogP contribution in [0.3, 0.4) is 0 Å². The summed E-state index contributed by atoms with van der Waals surface area (Å²) in [4.78, 5) is 11.7. The van der Waals surface area contributed by atoms with E-state index < -0.39 is 87.3 Å². The quantitative estimate of drug-likeness (QED) is 0.246. The van der Waals surface area contributed by atoms with Crippen LogP contribution in [0.5, 0.6) is 0 Å². The zero-order valence-corrected chi connectivity index (χ0v) is 15.0. The monoisotopic (exact) mass is 525 g/mol. The fourth-order valence-corrected chi connectivity index (χ4v) is 2.78. The Labute approximate surface area is 175 Å². The van der Waals surface area contributed by atoms with E-state index in [4.69, 9.17) is 5.26 Å². The van der Waals surface area contributed by atoms with Crippen molar-refractivity contribution >= 4 is 11.5 Å². The van der Waals surface area contributed by atoms with Gasteiger partial charge in [0.05, 0.1) is 5.56 Å². The minimum atomic E-state index is -7.71. The molecule has 3 nitrogen and oxygen atoms in total. The first-order chi connectivity index (χ1) is 15.0. The lowest BCUT2D eigenvalue weighted by Gasteiger charge is -2.51. The maximum Gasteiger partial charge on any atom is 0.384 e. The van der Waals surface area contributed by atoms with Crippen molar-refractivity contribution in [2.24, 2.45) is 0 Å². The molecular weight excluding hydrogens is 523 g/mol. The number of aliphatic hydroxyl groups is 1. The van der Waals surface area contributed by atoms with Crippen LogP contribution in [0.1, 0.15) is 11.1 Å². The molecule has 0 bridgehead atoms. The summed E-state index contributed by atoms with van der Waals surface area (Å²) >= 11 is 0. The average Bonchev–Trinajstić information content (AvgIpc) is 2.70. The van der Waals surface area contributed by atoms with Gasteiger partial charge in [-0.1, -0.05) is 0 Å². The van der Waals surface area contributed by atoms with E-state index in [-0.39, 0.29) is 0 Å². The van der Waals surface area contributed by atoms with Crippen LogP contribution in [0.25, 0.3) is 5.76 Å². The molecule has 0 unspecified atom stereocenters. The van der Waals surface area contributed by atoms with E-state index in [0.29, 0.717) is 6.07 Å². The molecule has 1 aromatic rings. The second kappa shape index (κ2) is 7.18. The lowest BCUT2D eigenvalue weighted by atomic mass is 9.70. The van der Waals surface area contributed by atoms with Gasteiger partial charge < -0.3 is 5.11 Å². The molecule has 0 heterocycles. The molecule has 2 rings (SSSR count). The highest BCUT2D eigenvalue weighted by Gasteiger charge is 3.02. The number of nitrogens with zero attached hydrogens (tertiary/aromatic N) is 1. The van der Waals surface area contributed by atoms with E-state index in [9.17, 15) is 75.8 Å². The molecule has 0 atom stereocenters.